The van der Waals surface area contributed by atoms with Gasteiger partial charge in [0.15, 0.2) is 0 Å². The van der Waals surface area contributed by atoms with E-state index in [1.54, 1.807) is 0 Å². The van der Waals surface area contributed by atoms with E-state index < -0.39 is 5.97 Å². The summed E-state index contributed by atoms with van der Waals surface area (Å²) in [6.45, 7) is 4.68. The van der Waals surface area contributed by atoms with Crippen LogP contribution in [0.25, 0.3) is 0 Å². The smallest absolute Gasteiger partial charge is 0.337 e. The van der Waals surface area contributed by atoms with Gasteiger partial charge in [-0.3, -0.25) is 0 Å². The third-order valence-electron chi connectivity index (χ3n) is 3.01. The van der Waals surface area contributed by atoms with E-state index in [2.05, 4.69) is 4.98 Å². The Hall–Kier alpha value is -2.07. The van der Waals surface area contributed by atoms with Gasteiger partial charge in [-0.2, -0.15) is 0 Å². The molecule has 1 aromatic carbocycles. The second-order valence-corrected chi connectivity index (χ2v) is 4.81. The van der Waals surface area contributed by atoms with Crippen LogP contribution in [-0.2, 0) is 0 Å². The summed E-state index contributed by atoms with van der Waals surface area (Å²) in [6, 6.07) is 9.47. The summed E-state index contributed by atoms with van der Waals surface area (Å²) in [5, 5.41) is 9.26. The van der Waals surface area contributed by atoms with Crippen LogP contribution in [0.3, 0.4) is 0 Å². The quantitative estimate of drug-likeness (QED) is 0.928. The first kappa shape index (κ1) is 14.3. The highest BCUT2D eigenvalue weighted by Crippen LogP contribution is 2.26. The van der Waals surface area contributed by atoms with Crippen LogP contribution in [0.5, 0.6) is 0 Å². The lowest BCUT2D eigenvalue weighted by Crippen LogP contribution is -2.18. The molecular formula is C15H15ClN2O2. The number of halogens is 1. The first-order chi connectivity index (χ1) is 9.52. The van der Waals surface area contributed by atoms with E-state index in [9.17, 15) is 4.79 Å². The number of nitrogens with zero attached hydrogens (tertiary/aromatic N) is 2. The van der Waals surface area contributed by atoms with Gasteiger partial charge in [0, 0.05) is 18.4 Å². The third-order valence-corrected chi connectivity index (χ3v) is 3.31. The maximum atomic E-state index is 11.1. The molecule has 0 fully saturated rings. The van der Waals surface area contributed by atoms with Crippen molar-refractivity contribution in [1.82, 2.24) is 4.98 Å². The van der Waals surface area contributed by atoms with Gasteiger partial charge < -0.3 is 10.0 Å². The van der Waals surface area contributed by atoms with Gasteiger partial charge >= 0.3 is 5.97 Å². The fourth-order valence-corrected chi connectivity index (χ4v) is 2.12. The number of anilines is 2. The maximum Gasteiger partial charge on any atom is 0.337 e. The van der Waals surface area contributed by atoms with Gasteiger partial charge in [-0.05, 0) is 32.0 Å². The van der Waals surface area contributed by atoms with Crippen LogP contribution in [0.2, 0.25) is 5.02 Å². The van der Waals surface area contributed by atoms with Gasteiger partial charge in [-0.25, -0.2) is 9.78 Å². The molecule has 1 heterocycles. The molecular weight excluding hydrogens is 276 g/mol. The number of pyridine rings is 1. The summed E-state index contributed by atoms with van der Waals surface area (Å²) in [5.41, 5.74) is 2.19. The molecule has 20 heavy (non-hydrogen) atoms. The van der Waals surface area contributed by atoms with Gasteiger partial charge in [-0.1, -0.05) is 29.3 Å². The summed E-state index contributed by atoms with van der Waals surface area (Å²) >= 11 is 5.84. The van der Waals surface area contributed by atoms with E-state index >= 15 is 0 Å². The molecule has 0 atom stereocenters. The van der Waals surface area contributed by atoms with Gasteiger partial charge in [0.05, 0.1) is 10.6 Å². The Bertz CT molecular complexity index is 626. The average Bonchev–Trinajstić information content (AvgIpc) is 2.43. The molecule has 0 aliphatic rings. The zero-order chi connectivity index (χ0) is 14.7. The molecule has 5 heteroatoms. The number of carbonyl (C=O) groups is 1. The first-order valence-corrected chi connectivity index (χ1v) is 6.63. The minimum absolute atomic E-state index is 0.0576. The van der Waals surface area contributed by atoms with Crippen LogP contribution in [-0.4, -0.2) is 22.6 Å². The Morgan fingerprint density at radius 3 is 2.55 bits per heavy atom. The zero-order valence-electron chi connectivity index (χ0n) is 11.3. The zero-order valence-corrected chi connectivity index (χ0v) is 12.1. The molecule has 2 aromatic rings. The van der Waals surface area contributed by atoms with Crippen molar-refractivity contribution in [3.8, 4) is 0 Å². The molecule has 0 amide bonds. The van der Waals surface area contributed by atoms with Crippen molar-refractivity contribution >= 4 is 29.1 Å². The molecule has 1 aromatic heterocycles. The largest absolute Gasteiger partial charge is 0.478 e. The van der Waals surface area contributed by atoms with Crippen LogP contribution in [0, 0.1) is 6.92 Å². The highest BCUT2D eigenvalue weighted by molar-refractivity contribution is 6.33. The number of benzene rings is 1. The van der Waals surface area contributed by atoms with Crippen molar-refractivity contribution in [3.05, 3.63) is 52.7 Å². The number of hydrogen-bond acceptors (Lipinski definition) is 3. The van der Waals surface area contributed by atoms with Crippen molar-refractivity contribution in [2.45, 2.75) is 13.8 Å². The van der Waals surface area contributed by atoms with E-state index in [-0.39, 0.29) is 10.6 Å². The molecule has 2 rings (SSSR count). The van der Waals surface area contributed by atoms with Crippen LogP contribution in [0.1, 0.15) is 22.8 Å². The Balaban J connectivity index is 2.44. The number of aromatic nitrogens is 1. The van der Waals surface area contributed by atoms with Gasteiger partial charge in [0.2, 0.25) is 0 Å². The summed E-state index contributed by atoms with van der Waals surface area (Å²) in [6.07, 6.45) is 1.37. The normalized spacial score (nSPS) is 10.3. The van der Waals surface area contributed by atoms with Crippen LogP contribution < -0.4 is 4.90 Å². The van der Waals surface area contributed by atoms with E-state index in [1.807, 2.05) is 43.0 Å². The molecule has 0 radical (unpaired) electrons. The number of rotatable bonds is 4. The van der Waals surface area contributed by atoms with Crippen LogP contribution in [0.15, 0.2) is 36.5 Å². The van der Waals surface area contributed by atoms with E-state index in [0.29, 0.717) is 12.4 Å². The van der Waals surface area contributed by atoms with Crippen molar-refractivity contribution in [2.75, 3.05) is 11.4 Å². The highest BCUT2D eigenvalue weighted by Gasteiger charge is 2.14. The Kier molecular flexibility index (Phi) is 4.25. The van der Waals surface area contributed by atoms with Crippen molar-refractivity contribution in [3.63, 3.8) is 0 Å². The fraction of sp³-hybridized carbons (Fsp3) is 0.200. The van der Waals surface area contributed by atoms with Crippen molar-refractivity contribution < 1.29 is 9.90 Å². The van der Waals surface area contributed by atoms with E-state index in [4.69, 9.17) is 16.7 Å². The molecule has 0 saturated carbocycles. The summed E-state index contributed by atoms with van der Waals surface area (Å²) in [7, 11) is 0. The molecule has 104 valence electrons. The van der Waals surface area contributed by atoms with Crippen LogP contribution >= 0.6 is 11.6 Å². The number of carboxylic acid groups (broad SMARTS) is 1. The maximum absolute atomic E-state index is 11.1. The van der Waals surface area contributed by atoms with Gasteiger partial charge in [-0.15, -0.1) is 0 Å². The molecule has 1 N–H and O–H groups in total. The third kappa shape index (κ3) is 2.91. The predicted octanol–water partition coefficient (Wildman–Crippen LogP) is 3.90. The minimum atomic E-state index is -1.06. The predicted molar refractivity (Wildman–Crippen MR) is 80.1 cm³/mol. The summed E-state index contributed by atoms with van der Waals surface area (Å²) in [4.78, 5) is 17.3. The Morgan fingerprint density at radius 2 is 2.00 bits per heavy atom. The SMILES string of the molecule is CCN(c1ccc(C)cc1)c1cc(C(=O)O)c(Cl)cn1. The first-order valence-electron chi connectivity index (χ1n) is 6.26. The molecule has 0 spiro atoms. The van der Waals surface area contributed by atoms with E-state index in [1.165, 1.54) is 17.8 Å². The monoisotopic (exact) mass is 290 g/mol. The summed E-state index contributed by atoms with van der Waals surface area (Å²) in [5.74, 6) is -0.489. The molecule has 0 saturated heterocycles. The fourth-order valence-electron chi connectivity index (χ4n) is 1.94. The van der Waals surface area contributed by atoms with Crippen molar-refractivity contribution in [1.29, 1.82) is 0 Å². The minimum Gasteiger partial charge on any atom is -0.478 e. The van der Waals surface area contributed by atoms with Gasteiger partial charge in [0.25, 0.3) is 0 Å². The topological polar surface area (TPSA) is 53.4 Å². The number of aryl methyl sites for hydroxylation is 1. The molecule has 0 aliphatic heterocycles. The lowest BCUT2D eigenvalue weighted by atomic mass is 10.2. The number of aromatic carboxylic acids is 1. The molecule has 0 bridgehead atoms. The standard InChI is InChI=1S/C15H15ClN2O2/c1-3-18(11-6-4-10(2)5-7-11)14-8-12(15(19)20)13(16)9-17-14/h4-9H,3H2,1-2H3,(H,19,20). The Morgan fingerprint density at radius 1 is 1.35 bits per heavy atom. The molecule has 4 nitrogen and oxygen atoms in total. The lowest BCUT2D eigenvalue weighted by Gasteiger charge is -2.22. The second-order valence-electron chi connectivity index (χ2n) is 4.41. The number of carboxylic acids is 1. The second kappa shape index (κ2) is 5.92. The molecule has 0 aliphatic carbocycles. The summed E-state index contributed by atoms with van der Waals surface area (Å²) < 4.78 is 0. The number of hydrogen-bond donors (Lipinski definition) is 1. The lowest BCUT2D eigenvalue weighted by molar-refractivity contribution is 0.0697. The Labute approximate surface area is 122 Å². The highest BCUT2D eigenvalue weighted by atomic mass is 35.5. The molecule has 0 unspecified atom stereocenters. The average molecular weight is 291 g/mol. The van der Waals surface area contributed by atoms with Crippen molar-refractivity contribution in [2.24, 2.45) is 0 Å². The van der Waals surface area contributed by atoms with E-state index in [0.717, 1.165) is 5.69 Å². The van der Waals surface area contributed by atoms with Gasteiger partial charge in [0.1, 0.15) is 5.82 Å². The van der Waals surface area contributed by atoms with Crippen LogP contribution in [0.4, 0.5) is 11.5 Å².